The van der Waals surface area contributed by atoms with Crippen molar-refractivity contribution in [2.24, 2.45) is 0 Å². The van der Waals surface area contributed by atoms with Crippen LogP contribution in [-0.2, 0) is 20.0 Å². The maximum atomic E-state index is 13.1. The Morgan fingerprint density at radius 3 is 1.44 bits per heavy atom. The summed E-state index contributed by atoms with van der Waals surface area (Å²) in [5.74, 6) is 0. The van der Waals surface area contributed by atoms with Gasteiger partial charge in [0.25, 0.3) is 0 Å². The Bertz CT molecular complexity index is 1330. The third kappa shape index (κ3) is 3.07. The van der Waals surface area contributed by atoms with Crippen LogP contribution in [0.2, 0.25) is 0 Å². The minimum absolute atomic E-state index is 0.483. The van der Waals surface area contributed by atoms with Crippen molar-refractivity contribution in [1.29, 1.82) is 0 Å². The van der Waals surface area contributed by atoms with Gasteiger partial charge in [-0.2, -0.15) is 0 Å². The molecule has 2 atom stereocenters. The van der Waals surface area contributed by atoms with Gasteiger partial charge in [-0.05, 0) is 31.2 Å². The number of aryl methyl sites for hydroxylation is 1. The van der Waals surface area contributed by atoms with Crippen molar-refractivity contribution >= 4 is 37.1 Å². The van der Waals surface area contributed by atoms with E-state index in [1.54, 1.807) is 48.5 Å². The zero-order valence-electron chi connectivity index (χ0n) is 17.9. The van der Waals surface area contributed by atoms with Crippen molar-refractivity contribution in [2.75, 3.05) is 26.0 Å². The Labute approximate surface area is 188 Å². The molecule has 2 bridgehead atoms. The first-order valence-corrected chi connectivity index (χ1v) is 13.8. The fourth-order valence-corrected chi connectivity index (χ4v) is 6.91. The topological polar surface area (TPSA) is 78.0 Å². The lowest BCUT2D eigenvalue weighted by Gasteiger charge is -2.56. The second-order valence-corrected chi connectivity index (χ2v) is 11.9. The van der Waals surface area contributed by atoms with Gasteiger partial charge in [0.15, 0.2) is 0 Å². The minimum Gasteiger partial charge on any atom is -0.320 e. The van der Waals surface area contributed by atoms with Crippen LogP contribution in [0.15, 0.2) is 72.8 Å². The van der Waals surface area contributed by atoms with Gasteiger partial charge in [-0.15, -0.1) is 0 Å². The van der Waals surface area contributed by atoms with Gasteiger partial charge in [-0.1, -0.05) is 54.1 Å². The molecule has 0 spiro atoms. The standard InChI is InChI=1S/C23H23N3O4S2/c1-16-12-14-17(15-13-16)24-22-19-9-5-7-11-21(19)26(32(3,29)30)23(24)18-8-4-6-10-20(18)25(22)31(2,27)28/h4-15,22-23H,1-3H3/t22-,23-/m1/s1. The van der Waals surface area contributed by atoms with Crippen molar-refractivity contribution in [1.82, 2.24) is 0 Å². The summed E-state index contributed by atoms with van der Waals surface area (Å²) >= 11 is 0. The first kappa shape index (κ1) is 20.8. The van der Waals surface area contributed by atoms with E-state index < -0.39 is 32.4 Å². The summed E-state index contributed by atoms with van der Waals surface area (Å²) in [4.78, 5) is 1.88. The highest BCUT2D eigenvalue weighted by Gasteiger charge is 2.52. The Morgan fingerprint density at radius 2 is 1.03 bits per heavy atom. The molecule has 0 radical (unpaired) electrons. The quantitative estimate of drug-likeness (QED) is 0.584. The molecular weight excluding hydrogens is 446 g/mol. The third-order valence-corrected chi connectivity index (χ3v) is 8.14. The molecule has 0 aromatic heterocycles. The molecule has 0 amide bonds. The summed E-state index contributed by atoms with van der Waals surface area (Å²) in [6, 6.07) is 21.9. The van der Waals surface area contributed by atoms with E-state index in [-0.39, 0.29) is 0 Å². The van der Waals surface area contributed by atoms with Crippen LogP contribution in [0, 0.1) is 6.92 Å². The Hall–Kier alpha value is -3.04. The molecule has 7 nitrogen and oxygen atoms in total. The van der Waals surface area contributed by atoms with E-state index in [0.29, 0.717) is 22.5 Å². The van der Waals surface area contributed by atoms with Crippen molar-refractivity contribution < 1.29 is 16.8 Å². The second kappa shape index (κ2) is 6.98. The average Bonchev–Trinajstić information content (AvgIpc) is 2.72. The highest BCUT2D eigenvalue weighted by Crippen LogP contribution is 2.56. The maximum Gasteiger partial charge on any atom is 0.234 e. The van der Waals surface area contributed by atoms with Gasteiger partial charge in [0.1, 0.15) is 12.3 Å². The zero-order valence-corrected chi connectivity index (χ0v) is 19.5. The molecule has 2 aliphatic heterocycles. The molecule has 0 fully saturated rings. The van der Waals surface area contributed by atoms with Crippen LogP contribution in [0.3, 0.4) is 0 Å². The molecular formula is C23H23N3O4S2. The van der Waals surface area contributed by atoms with Gasteiger partial charge in [0.2, 0.25) is 20.0 Å². The van der Waals surface area contributed by atoms with Gasteiger partial charge in [0.05, 0.1) is 23.9 Å². The predicted molar refractivity (Wildman–Crippen MR) is 127 cm³/mol. The van der Waals surface area contributed by atoms with Crippen LogP contribution >= 0.6 is 0 Å². The molecule has 166 valence electrons. The SMILES string of the molecule is Cc1ccc(N2[C@H]3c4ccccc4N(S(C)(=O)=O)[C@@H]2c2ccccc2N3S(C)(=O)=O)cc1. The number of fused-ring (bicyclic) bond motifs is 6. The van der Waals surface area contributed by atoms with Crippen LogP contribution in [0.5, 0.6) is 0 Å². The molecule has 32 heavy (non-hydrogen) atoms. The Morgan fingerprint density at radius 1 is 0.625 bits per heavy atom. The van der Waals surface area contributed by atoms with Crippen LogP contribution in [0.1, 0.15) is 29.0 Å². The first-order chi connectivity index (χ1) is 15.1. The lowest BCUT2D eigenvalue weighted by molar-refractivity contribution is 0.485. The molecule has 0 unspecified atom stereocenters. The highest BCUT2D eigenvalue weighted by atomic mass is 32.2. The number of para-hydroxylation sites is 2. The van der Waals surface area contributed by atoms with Crippen molar-refractivity contribution in [3.05, 3.63) is 89.5 Å². The van der Waals surface area contributed by atoms with E-state index in [0.717, 1.165) is 11.3 Å². The van der Waals surface area contributed by atoms with E-state index >= 15 is 0 Å². The van der Waals surface area contributed by atoms with E-state index in [1.165, 1.54) is 21.1 Å². The predicted octanol–water partition coefficient (Wildman–Crippen LogP) is 3.76. The average molecular weight is 470 g/mol. The summed E-state index contributed by atoms with van der Waals surface area (Å²) in [6.07, 6.45) is 0.898. The van der Waals surface area contributed by atoms with E-state index in [9.17, 15) is 16.8 Å². The van der Waals surface area contributed by atoms with Crippen molar-refractivity contribution in [3.63, 3.8) is 0 Å². The smallest absolute Gasteiger partial charge is 0.234 e. The number of nitrogens with zero attached hydrogens (tertiary/aromatic N) is 3. The Kier molecular flexibility index (Phi) is 4.55. The number of rotatable bonds is 3. The first-order valence-electron chi connectivity index (χ1n) is 10.1. The monoisotopic (exact) mass is 469 g/mol. The summed E-state index contributed by atoms with van der Waals surface area (Å²) < 4.78 is 55.3. The van der Waals surface area contributed by atoms with Gasteiger partial charge in [0, 0.05) is 16.8 Å². The zero-order chi connectivity index (χ0) is 22.8. The normalized spacial score (nSPS) is 20.0. The Balaban J connectivity index is 1.93. The summed E-state index contributed by atoms with van der Waals surface area (Å²) in [6.45, 7) is 1.97. The molecule has 0 aliphatic carbocycles. The molecule has 2 heterocycles. The highest BCUT2D eigenvalue weighted by molar-refractivity contribution is 7.92. The van der Waals surface area contributed by atoms with Gasteiger partial charge < -0.3 is 4.90 Å². The summed E-state index contributed by atoms with van der Waals surface area (Å²) in [5.41, 5.74) is 3.96. The lowest BCUT2D eigenvalue weighted by atomic mass is 9.95. The molecule has 3 aromatic rings. The molecule has 3 aromatic carbocycles. The van der Waals surface area contributed by atoms with E-state index in [4.69, 9.17) is 0 Å². The molecule has 5 rings (SSSR count). The molecule has 0 saturated carbocycles. The fourth-order valence-electron chi connectivity index (χ4n) is 4.71. The number of anilines is 3. The number of benzene rings is 3. The second-order valence-electron chi connectivity index (χ2n) is 8.23. The molecule has 9 heteroatoms. The fraction of sp³-hybridized carbons (Fsp3) is 0.217. The van der Waals surface area contributed by atoms with Gasteiger partial charge in [-0.25, -0.2) is 25.4 Å². The minimum atomic E-state index is -3.71. The number of hydrogen-bond acceptors (Lipinski definition) is 5. The number of hydrogen-bond donors (Lipinski definition) is 0. The third-order valence-electron chi connectivity index (χ3n) is 5.92. The summed E-state index contributed by atoms with van der Waals surface area (Å²) in [5, 5.41) is 0. The van der Waals surface area contributed by atoms with Gasteiger partial charge in [-0.3, -0.25) is 0 Å². The van der Waals surface area contributed by atoms with Gasteiger partial charge >= 0.3 is 0 Å². The van der Waals surface area contributed by atoms with Crippen LogP contribution in [0.4, 0.5) is 17.1 Å². The van der Waals surface area contributed by atoms with Crippen molar-refractivity contribution in [3.8, 4) is 0 Å². The van der Waals surface area contributed by atoms with E-state index in [1.807, 2.05) is 36.1 Å². The van der Waals surface area contributed by atoms with Crippen molar-refractivity contribution in [2.45, 2.75) is 19.3 Å². The lowest BCUT2D eigenvalue weighted by Crippen LogP contribution is -2.59. The number of sulfonamides is 2. The van der Waals surface area contributed by atoms with Crippen LogP contribution < -0.4 is 13.5 Å². The summed E-state index contributed by atoms with van der Waals surface area (Å²) in [7, 11) is -7.42. The maximum absolute atomic E-state index is 13.1. The van der Waals surface area contributed by atoms with Crippen LogP contribution in [-0.4, -0.2) is 29.3 Å². The molecule has 0 saturated heterocycles. The largest absolute Gasteiger partial charge is 0.320 e. The van der Waals surface area contributed by atoms with E-state index in [2.05, 4.69) is 0 Å². The molecule has 2 aliphatic rings. The van der Waals surface area contributed by atoms with Crippen LogP contribution in [0.25, 0.3) is 0 Å². The molecule has 0 N–H and O–H groups in total.